The number of carbonyl (C=O) groups is 2. The molecule has 0 radical (unpaired) electrons. The van der Waals surface area contributed by atoms with Crippen molar-refractivity contribution in [1.29, 1.82) is 0 Å². The van der Waals surface area contributed by atoms with Gasteiger partial charge in [0.1, 0.15) is 9.71 Å². The lowest BCUT2D eigenvalue weighted by Crippen LogP contribution is -2.38. The van der Waals surface area contributed by atoms with Gasteiger partial charge in [0.2, 0.25) is 0 Å². The quantitative estimate of drug-likeness (QED) is 0.722. The highest BCUT2D eigenvalue weighted by molar-refractivity contribution is 7.20. The first-order valence-corrected chi connectivity index (χ1v) is 7.90. The van der Waals surface area contributed by atoms with Crippen molar-refractivity contribution in [2.45, 2.75) is 6.54 Å². The van der Waals surface area contributed by atoms with E-state index >= 15 is 0 Å². The summed E-state index contributed by atoms with van der Waals surface area (Å²) in [5.74, 6) is -2.23. The summed E-state index contributed by atoms with van der Waals surface area (Å²) in [4.78, 5) is 47.3. The summed E-state index contributed by atoms with van der Waals surface area (Å²) in [6.45, 7) is -0.0421. The molecular formula is C16H12N2O6S. The fourth-order valence-corrected chi connectivity index (χ4v) is 3.41. The topological polar surface area (TPSA) is 119 Å². The zero-order valence-corrected chi connectivity index (χ0v) is 13.7. The van der Waals surface area contributed by atoms with E-state index in [9.17, 15) is 19.2 Å². The molecule has 0 fully saturated rings. The average Bonchev–Trinajstić information content (AvgIpc) is 3.03. The Morgan fingerprint density at radius 1 is 1.08 bits per heavy atom. The van der Waals surface area contributed by atoms with E-state index < -0.39 is 23.2 Å². The maximum absolute atomic E-state index is 12.6. The molecule has 0 unspecified atom stereocenters. The normalized spacial score (nSPS) is 10.9. The molecule has 25 heavy (non-hydrogen) atoms. The number of aromatic nitrogens is 2. The maximum Gasteiger partial charge on any atom is 0.345 e. The summed E-state index contributed by atoms with van der Waals surface area (Å²) in [5, 5.41) is 18.1. The van der Waals surface area contributed by atoms with Crippen LogP contribution in [0.4, 0.5) is 0 Å². The number of hydrogen-bond acceptors (Lipinski definition) is 5. The number of fused-ring (bicyclic) bond motifs is 1. The number of hydrogen-bond donors (Lipinski definition) is 2. The number of benzene rings is 1. The number of rotatable bonds is 4. The minimum absolute atomic E-state index is 0.0225. The number of aromatic carboxylic acids is 2. The average molecular weight is 360 g/mol. The van der Waals surface area contributed by atoms with Gasteiger partial charge in [0, 0.05) is 7.05 Å². The number of aryl methyl sites for hydroxylation is 1. The third-order valence-electron chi connectivity index (χ3n) is 3.76. The van der Waals surface area contributed by atoms with Gasteiger partial charge in [-0.05, 0) is 23.8 Å². The molecule has 9 heteroatoms. The second-order valence-corrected chi connectivity index (χ2v) is 6.40. The zero-order chi connectivity index (χ0) is 18.3. The molecule has 2 N–H and O–H groups in total. The highest BCUT2D eigenvalue weighted by Crippen LogP contribution is 2.21. The van der Waals surface area contributed by atoms with E-state index in [0.29, 0.717) is 10.4 Å². The van der Waals surface area contributed by atoms with Crippen molar-refractivity contribution in [1.82, 2.24) is 9.13 Å². The van der Waals surface area contributed by atoms with E-state index in [1.54, 1.807) is 0 Å². The summed E-state index contributed by atoms with van der Waals surface area (Å²) >= 11 is 0.865. The molecule has 0 saturated heterocycles. The fourth-order valence-electron chi connectivity index (χ4n) is 2.46. The Hall–Kier alpha value is -3.20. The molecule has 0 amide bonds. The predicted molar refractivity (Wildman–Crippen MR) is 90.8 cm³/mol. The Kier molecular flexibility index (Phi) is 4.01. The summed E-state index contributed by atoms with van der Waals surface area (Å²) < 4.78 is 2.23. The third-order valence-corrected chi connectivity index (χ3v) is 4.96. The van der Waals surface area contributed by atoms with Crippen molar-refractivity contribution < 1.29 is 19.8 Å². The maximum atomic E-state index is 12.6. The van der Waals surface area contributed by atoms with Gasteiger partial charge in [0.05, 0.1) is 17.5 Å². The van der Waals surface area contributed by atoms with Crippen LogP contribution < -0.4 is 11.2 Å². The van der Waals surface area contributed by atoms with E-state index in [0.717, 1.165) is 15.9 Å². The van der Waals surface area contributed by atoms with Gasteiger partial charge in [-0.2, -0.15) is 0 Å². The lowest BCUT2D eigenvalue weighted by molar-refractivity contribution is 0.0688. The molecule has 1 aromatic carbocycles. The van der Waals surface area contributed by atoms with Crippen molar-refractivity contribution in [2.24, 2.45) is 7.05 Å². The molecule has 8 nitrogen and oxygen atoms in total. The van der Waals surface area contributed by atoms with Gasteiger partial charge in [0.25, 0.3) is 5.56 Å². The smallest absolute Gasteiger partial charge is 0.345 e. The predicted octanol–water partition coefficient (Wildman–Crippen LogP) is 1.21. The molecule has 0 spiro atoms. The van der Waals surface area contributed by atoms with E-state index in [2.05, 4.69) is 0 Å². The van der Waals surface area contributed by atoms with Gasteiger partial charge in [0.15, 0.2) is 0 Å². The summed E-state index contributed by atoms with van der Waals surface area (Å²) in [5.41, 5.74) is -0.469. The number of nitrogens with zero attached hydrogens (tertiary/aromatic N) is 2. The molecule has 0 bridgehead atoms. The SMILES string of the molecule is Cn1c(=O)n(Cc2ccc(C(=O)O)cc2)c(=O)c2cc(C(=O)O)sc21. The van der Waals surface area contributed by atoms with Gasteiger partial charge in [-0.15, -0.1) is 11.3 Å². The van der Waals surface area contributed by atoms with Crippen LogP contribution in [0.5, 0.6) is 0 Å². The molecule has 0 atom stereocenters. The van der Waals surface area contributed by atoms with Crippen molar-refractivity contribution in [3.63, 3.8) is 0 Å². The van der Waals surface area contributed by atoms with Crippen LogP contribution in [0.1, 0.15) is 25.6 Å². The van der Waals surface area contributed by atoms with E-state index in [1.807, 2.05) is 0 Å². The minimum Gasteiger partial charge on any atom is -0.478 e. The Balaban J connectivity index is 2.13. The van der Waals surface area contributed by atoms with Gasteiger partial charge in [-0.25, -0.2) is 14.4 Å². The summed E-state index contributed by atoms with van der Waals surface area (Å²) in [6, 6.07) is 7.08. The molecule has 3 aromatic rings. The standard InChI is InChI=1S/C16H12N2O6S/c1-17-13-10(6-11(25-13)15(22)23)12(19)18(16(17)24)7-8-2-4-9(5-3-8)14(20)21/h2-6H,7H2,1H3,(H,20,21)(H,22,23). The molecular weight excluding hydrogens is 348 g/mol. The monoisotopic (exact) mass is 360 g/mol. The van der Waals surface area contributed by atoms with Crippen LogP contribution in [0.15, 0.2) is 39.9 Å². The molecule has 2 aromatic heterocycles. The van der Waals surface area contributed by atoms with Gasteiger partial charge in [-0.1, -0.05) is 12.1 Å². The number of thiophene rings is 1. The number of carboxylic acids is 2. The van der Waals surface area contributed by atoms with Gasteiger partial charge < -0.3 is 10.2 Å². The lowest BCUT2D eigenvalue weighted by Gasteiger charge is -2.08. The molecule has 0 aliphatic rings. The van der Waals surface area contributed by atoms with E-state index in [4.69, 9.17) is 10.2 Å². The zero-order valence-electron chi connectivity index (χ0n) is 12.9. The molecule has 0 aliphatic heterocycles. The van der Waals surface area contributed by atoms with Crippen molar-refractivity contribution in [3.05, 3.63) is 67.2 Å². The Labute approximate surface area is 143 Å². The third kappa shape index (κ3) is 2.85. The first kappa shape index (κ1) is 16.7. The molecule has 2 heterocycles. The van der Waals surface area contributed by atoms with Crippen molar-refractivity contribution in [3.8, 4) is 0 Å². The Bertz CT molecular complexity index is 1120. The van der Waals surface area contributed by atoms with Crippen LogP contribution in [0, 0.1) is 0 Å². The molecule has 0 aliphatic carbocycles. The van der Waals surface area contributed by atoms with Crippen LogP contribution in [0.3, 0.4) is 0 Å². The molecule has 0 saturated carbocycles. The molecule has 128 valence electrons. The van der Waals surface area contributed by atoms with Crippen LogP contribution in [-0.4, -0.2) is 31.3 Å². The lowest BCUT2D eigenvalue weighted by atomic mass is 10.1. The van der Waals surface area contributed by atoms with Gasteiger partial charge >= 0.3 is 17.6 Å². The highest BCUT2D eigenvalue weighted by atomic mass is 32.1. The van der Waals surface area contributed by atoms with Crippen LogP contribution in [0.25, 0.3) is 10.2 Å². The Morgan fingerprint density at radius 2 is 1.72 bits per heavy atom. The van der Waals surface area contributed by atoms with Crippen molar-refractivity contribution >= 4 is 33.5 Å². The second kappa shape index (κ2) is 6.02. The van der Waals surface area contributed by atoms with Crippen LogP contribution >= 0.6 is 11.3 Å². The van der Waals surface area contributed by atoms with E-state index in [1.165, 1.54) is 41.9 Å². The van der Waals surface area contributed by atoms with Crippen LogP contribution in [0.2, 0.25) is 0 Å². The second-order valence-electron chi connectivity index (χ2n) is 5.37. The fraction of sp³-hybridized carbons (Fsp3) is 0.125. The minimum atomic E-state index is -1.16. The summed E-state index contributed by atoms with van der Waals surface area (Å²) in [7, 11) is 1.47. The highest BCUT2D eigenvalue weighted by Gasteiger charge is 2.17. The number of carboxylic acid groups (broad SMARTS) is 2. The Morgan fingerprint density at radius 3 is 2.28 bits per heavy atom. The molecule has 3 rings (SSSR count). The van der Waals surface area contributed by atoms with Crippen molar-refractivity contribution in [2.75, 3.05) is 0 Å². The van der Waals surface area contributed by atoms with E-state index in [-0.39, 0.29) is 22.4 Å². The first-order valence-electron chi connectivity index (χ1n) is 7.08. The van der Waals surface area contributed by atoms with Gasteiger partial charge in [-0.3, -0.25) is 13.9 Å². The summed E-state index contributed by atoms with van der Waals surface area (Å²) in [6.07, 6.45) is 0. The van der Waals surface area contributed by atoms with Crippen LogP contribution in [-0.2, 0) is 13.6 Å². The first-order chi connectivity index (χ1) is 11.8. The largest absolute Gasteiger partial charge is 0.478 e.